The Labute approximate surface area is 76.9 Å². The monoisotopic (exact) mass is 270 g/mol. The van der Waals surface area contributed by atoms with Gasteiger partial charge in [0.25, 0.3) is 0 Å². The topological polar surface area (TPSA) is 26.3 Å². The van der Waals surface area contributed by atoms with E-state index >= 15 is 0 Å². The van der Waals surface area contributed by atoms with Gasteiger partial charge < -0.3 is 4.74 Å². The summed E-state index contributed by atoms with van der Waals surface area (Å²) in [6, 6.07) is 0. The van der Waals surface area contributed by atoms with Gasteiger partial charge in [0.1, 0.15) is 6.61 Å². The van der Waals surface area contributed by atoms with Gasteiger partial charge in [-0.15, -0.1) is 0 Å². The Balaban J connectivity index is 3.50. The summed E-state index contributed by atoms with van der Waals surface area (Å²) in [7, 11) is 0. The van der Waals surface area contributed by atoms with E-state index in [9.17, 15) is 4.79 Å². The van der Waals surface area contributed by atoms with Gasteiger partial charge in [0.2, 0.25) is 0 Å². The van der Waals surface area contributed by atoms with Crippen LogP contribution in [0.15, 0.2) is 11.1 Å². The summed E-state index contributed by atoms with van der Waals surface area (Å²) in [6.45, 7) is 5.62. The molecule has 0 aliphatic rings. The van der Waals surface area contributed by atoms with Crippen LogP contribution in [0.2, 0.25) is 0 Å². The molecule has 0 rings (SSSR count). The van der Waals surface area contributed by atoms with Crippen molar-refractivity contribution in [3.05, 3.63) is 11.1 Å². The fraction of sp³-hybridized carbons (Fsp3) is 0.500. The maximum atomic E-state index is 10.7. The first-order chi connectivity index (χ1) is 4.54. The van der Waals surface area contributed by atoms with Crippen LogP contribution in [0.3, 0.4) is 0 Å². The molecule has 58 valence electrons. The number of carbonyl (C=O) groups is 1. The van der Waals surface area contributed by atoms with E-state index in [2.05, 4.69) is 38.4 Å². The second-order valence-electron chi connectivity index (χ2n) is 1.78. The molecule has 0 saturated carbocycles. The first kappa shape index (κ1) is 10.2. The summed E-state index contributed by atoms with van der Waals surface area (Å²) in [5, 5.41) is 0. The Morgan fingerprint density at radius 1 is 1.80 bits per heavy atom. The maximum Gasteiger partial charge on any atom is 0.344 e. The van der Waals surface area contributed by atoms with Crippen LogP contribution in [-0.4, -0.2) is 17.4 Å². The standard InChI is InChI=1S/C6H8Br2O2/c1-4(7)3-10-6(9)5(2)8/h4H,2-3H2,1H3. The lowest BCUT2D eigenvalue weighted by atomic mass is 10.5. The van der Waals surface area contributed by atoms with Gasteiger partial charge >= 0.3 is 5.97 Å². The molecule has 0 saturated heterocycles. The number of hydrogen-bond donors (Lipinski definition) is 0. The normalized spacial score (nSPS) is 12.3. The molecule has 1 atom stereocenters. The minimum atomic E-state index is -0.411. The van der Waals surface area contributed by atoms with Crippen LogP contribution in [0.5, 0.6) is 0 Å². The van der Waals surface area contributed by atoms with Gasteiger partial charge in [-0.25, -0.2) is 4.79 Å². The molecule has 0 N–H and O–H groups in total. The highest BCUT2D eigenvalue weighted by molar-refractivity contribution is 9.12. The number of alkyl halides is 1. The largest absolute Gasteiger partial charge is 0.461 e. The van der Waals surface area contributed by atoms with Crippen LogP contribution >= 0.6 is 31.9 Å². The fourth-order valence-electron chi connectivity index (χ4n) is 0.269. The molecule has 2 nitrogen and oxygen atoms in total. The Morgan fingerprint density at radius 2 is 2.30 bits per heavy atom. The molecule has 0 bridgehead atoms. The molecule has 0 aromatic rings. The van der Waals surface area contributed by atoms with Crippen molar-refractivity contribution in [2.24, 2.45) is 0 Å². The Hall–Kier alpha value is 0.170. The Bertz CT molecular complexity index is 143. The van der Waals surface area contributed by atoms with E-state index in [1.807, 2.05) is 6.92 Å². The molecule has 4 heteroatoms. The molecule has 0 aromatic heterocycles. The van der Waals surface area contributed by atoms with Crippen molar-refractivity contribution in [1.82, 2.24) is 0 Å². The van der Waals surface area contributed by atoms with Gasteiger partial charge in [0.15, 0.2) is 0 Å². The molecule has 0 aromatic carbocycles. The summed E-state index contributed by atoms with van der Waals surface area (Å²) >= 11 is 6.14. The summed E-state index contributed by atoms with van der Waals surface area (Å²) in [5.74, 6) is -0.411. The second kappa shape index (κ2) is 4.91. The predicted molar refractivity (Wildman–Crippen MR) is 47.4 cm³/mol. The lowest BCUT2D eigenvalue weighted by Crippen LogP contribution is -2.10. The van der Waals surface area contributed by atoms with Gasteiger partial charge in [-0.2, -0.15) is 0 Å². The number of rotatable bonds is 3. The number of hydrogen-bond acceptors (Lipinski definition) is 2. The van der Waals surface area contributed by atoms with Crippen LogP contribution < -0.4 is 0 Å². The van der Waals surface area contributed by atoms with Gasteiger partial charge in [-0.1, -0.05) is 22.5 Å². The highest BCUT2D eigenvalue weighted by atomic mass is 79.9. The third-order valence-corrected chi connectivity index (χ3v) is 1.25. The minimum Gasteiger partial charge on any atom is -0.461 e. The predicted octanol–water partition coefficient (Wildman–Crippen LogP) is 2.22. The molecular formula is C6H8Br2O2. The fourth-order valence-corrected chi connectivity index (χ4v) is 0.515. The lowest BCUT2D eigenvalue weighted by Gasteiger charge is -2.03. The van der Waals surface area contributed by atoms with Gasteiger partial charge in [-0.05, 0) is 22.9 Å². The highest BCUT2D eigenvalue weighted by Crippen LogP contribution is 2.05. The second-order valence-corrected chi connectivity index (χ2v) is 4.30. The number of carbonyl (C=O) groups excluding carboxylic acids is 1. The number of halogens is 2. The van der Waals surface area contributed by atoms with Crippen molar-refractivity contribution in [2.45, 2.75) is 11.8 Å². The SMILES string of the molecule is C=C(Br)C(=O)OCC(C)Br. The van der Waals surface area contributed by atoms with E-state index < -0.39 is 5.97 Å². The first-order valence-corrected chi connectivity index (χ1v) is 4.40. The van der Waals surface area contributed by atoms with E-state index in [-0.39, 0.29) is 9.31 Å². The lowest BCUT2D eigenvalue weighted by molar-refractivity contribution is -0.137. The highest BCUT2D eigenvalue weighted by Gasteiger charge is 2.05. The van der Waals surface area contributed by atoms with Gasteiger partial charge in [0.05, 0.1) is 4.48 Å². The van der Waals surface area contributed by atoms with Crippen molar-refractivity contribution in [3.63, 3.8) is 0 Å². The van der Waals surface area contributed by atoms with Crippen molar-refractivity contribution >= 4 is 37.8 Å². The van der Waals surface area contributed by atoms with Crippen LogP contribution in [0, 0.1) is 0 Å². The third kappa shape index (κ3) is 4.99. The average molecular weight is 272 g/mol. The Morgan fingerprint density at radius 3 is 2.60 bits per heavy atom. The van der Waals surface area contributed by atoms with Crippen molar-refractivity contribution in [1.29, 1.82) is 0 Å². The van der Waals surface area contributed by atoms with Crippen LogP contribution in [0.25, 0.3) is 0 Å². The zero-order valence-electron chi connectivity index (χ0n) is 5.56. The van der Waals surface area contributed by atoms with Crippen LogP contribution in [0.4, 0.5) is 0 Å². The summed E-state index contributed by atoms with van der Waals surface area (Å²) in [6.07, 6.45) is 0. The molecule has 0 heterocycles. The van der Waals surface area contributed by atoms with Crippen LogP contribution in [-0.2, 0) is 9.53 Å². The van der Waals surface area contributed by atoms with E-state index in [0.29, 0.717) is 6.61 Å². The first-order valence-electron chi connectivity index (χ1n) is 2.69. The third-order valence-electron chi connectivity index (χ3n) is 0.666. The number of ether oxygens (including phenoxy) is 1. The molecule has 10 heavy (non-hydrogen) atoms. The maximum absolute atomic E-state index is 10.7. The molecule has 0 aliphatic heterocycles. The molecule has 0 spiro atoms. The minimum absolute atomic E-state index is 0.184. The van der Waals surface area contributed by atoms with Crippen molar-refractivity contribution in [2.75, 3.05) is 6.61 Å². The summed E-state index contributed by atoms with van der Waals surface area (Å²) in [4.78, 5) is 10.8. The molecular weight excluding hydrogens is 264 g/mol. The summed E-state index contributed by atoms with van der Waals surface area (Å²) < 4.78 is 4.98. The molecule has 0 amide bonds. The molecule has 0 radical (unpaired) electrons. The zero-order chi connectivity index (χ0) is 8.15. The van der Waals surface area contributed by atoms with Crippen LogP contribution in [0.1, 0.15) is 6.92 Å². The van der Waals surface area contributed by atoms with E-state index in [4.69, 9.17) is 4.74 Å². The smallest absolute Gasteiger partial charge is 0.344 e. The van der Waals surface area contributed by atoms with E-state index in [1.54, 1.807) is 0 Å². The van der Waals surface area contributed by atoms with Gasteiger partial charge in [-0.3, -0.25) is 0 Å². The van der Waals surface area contributed by atoms with Crippen molar-refractivity contribution in [3.8, 4) is 0 Å². The average Bonchev–Trinajstić information content (AvgIpc) is 1.82. The van der Waals surface area contributed by atoms with E-state index in [1.165, 1.54) is 0 Å². The van der Waals surface area contributed by atoms with E-state index in [0.717, 1.165) is 0 Å². The number of esters is 1. The molecule has 0 fully saturated rings. The van der Waals surface area contributed by atoms with Gasteiger partial charge in [0, 0.05) is 4.83 Å². The zero-order valence-corrected chi connectivity index (χ0v) is 8.74. The quantitative estimate of drug-likeness (QED) is 0.447. The Kier molecular flexibility index (Phi) is 4.99. The summed E-state index contributed by atoms with van der Waals surface area (Å²) in [5.41, 5.74) is 0. The van der Waals surface area contributed by atoms with Crippen molar-refractivity contribution < 1.29 is 9.53 Å². The molecule has 0 aliphatic carbocycles. The molecule has 1 unspecified atom stereocenters.